The van der Waals surface area contributed by atoms with Crippen LogP contribution in [0.25, 0.3) is 0 Å². The van der Waals surface area contributed by atoms with Gasteiger partial charge in [0.25, 0.3) is 0 Å². The van der Waals surface area contributed by atoms with E-state index in [1.807, 2.05) is 0 Å². The van der Waals surface area contributed by atoms with E-state index < -0.39 is 6.10 Å². The third-order valence-corrected chi connectivity index (χ3v) is 2.55. The quantitative estimate of drug-likeness (QED) is 0.779. The lowest BCUT2D eigenvalue weighted by molar-refractivity contribution is 0.165. The Bertz CT molecular complexity index is 344. The minimum Gasteiger partial charge on any atom is -0.504 e. The van der Waals surface area contributed by atoms with Crippen LogP contribution in [0.4, 0.5) is 0 Å². The number of hydrogen-bond donors (Lipinski definition) is 3. The maximum atomic E-state index is 9.76. The number of phenols is 1. The van der Waals surface area contributed by atoms with Gasteiger partial charge in [0.2, 0.25) is 0 Å². The summed E-state index contributed by atoms with van der Waals surface area (Å²) in [6.07, 6.45) is -0.380. The second kappa shape index (κ2) is 5.34. The van der Waals surface area contributed by atoms with Crippen molar-refractivity contribution in [2.24, 2.45) is 5.73 Å². The molecule has 15 heavy (non-hydrogen) atoms. The van der Waals surface area contributed by atoms with Gasteiger partial charge in [-0.2, -0.15) is 0 Å². The van der Waals surface area contributed by atoms with Gasteiger partial charge in [-0.3, -0.25) is 0 Å². The molecule has 0 aliphatic heterocycles. The summed E-state index contributed by atoms with van der Waals surface area (Å²) in [5, 5.41) is 19.5. The molecular weight excluding hydrogens is 262 g/mol. The molecule has 84 valence electrons. The fraction of sp³-hybridized carbons (Fsp3) is 0.400. The zero-order valence-corrected chi connectivity index (χ0v) is 9.99. The van der Waals surface area contributed by atoms with Gasteiger partial charge in [-0.25, -0.2) is 0 Å². The summed E-state index contributed by atoms with van der Waals surface area (Å²) in [4.78, 5) is 0. The van der Waals surface area contributed by atoms with Crippen LogP contribution in [0.3, 0.4) is 0 Å². The Balaban J connectivity index is 3.11. The van der Waals surface area contributed by atoms with Gasteiger partial charge in [-0.15, -0.1) is 0 Å². The standard InChI is InChI=1S/C10H14BrNO3/c1-15-9-5-6(11)4-7(10(9)14)8(13)2-3-12/h4-5,8,13-14H,2-3,12H2,1H3. The van der Waals surface area contributed by atoms with Crippen LogP contribution in [0, 0.1) is 0 Å². The summed E-state index contributed by atoms with van der Waals surface area (Å²) in [6.45, 7) is 0.357. The van der Waals surface area contributed by atoms with Crippen molar-refractivity contribution in [2.75, 3.05) is 13.7 Å². The Morgan fingerprint density at radius 2 is 2.20 bits per heavy atom. The first-order valence-corrected chi connectivity index (χ1v) is 5.34. The lowest BCUT2D eigenvalue weighted by atomic mass is 10.1. The molecule has 0 saturated carbocycles. The van der Waals surface area contributed by atoms with Crippen molar-refractivity contribution < 1.29 is 14.9 Å². The molecule has 1 rings (SSSR count). The average Bonchev–Trinajstić information content (AvgIpc) is 2.21. The lowest BCUT2D eigenvalue weighted by Crippen LogP contribution is -2.07. The molecule has 0 aliphatic carbocycles. The molecule has 0 saturated heterocycles. The Kier molecular flexibility index (Phi) is 4.38. The molecule has 0 bridgehead atoms. The molecule has 1 aromatic carbocycles. The fourth-order valence-electron chi connectivity index (χ4n) is 1.32. The number of benzene rings is 1. The van der Waals surface area contributed by atoms with E-state index in [-0.39, 0.29) is 5.75 Å². The average molecular weight is 276 g/mol. The van der Waals surface area contributed by atoms with Crippen molar-refractivity contribution >= 4 is 15.9 Å². The van der Waals surface area contributed by atoms with E-state index in [1.165, 1.54) is 7.11 Å². The predicted molar refractivity (Wildman–Crippen MR) is 61.0 cm³/mol. The van der Waals surface area contributed by atoms with Gasteiger partial charge >= 0.3 is 0 Å². The first kappa shape index (κ1) is 12.3. The van der Waals surface area contributed by atoms with Crippen LogP contribution in [0.5, 0.6) is 11.5 Å². The van der Waals surface area contributed by atoms with Gasteiger partial charge < -0.3 is 20.7 Å². The van der Waals surface area contributed by atoms with Crippen LogP contribution in [0.15, 0.2) is 16.6 Å². The van der Waals surface area contributed by atoms with Gasteiger partial charge in [-0.05, 0) is 25.1 Å². The molecule has 0 radical (unpaired) electrons. The zero-order valence-electron chi connectivity index (χ0n) is 8.40. The molecule has 4 nitrogen and oxygen atoms in total. The van der Waals surface area contributed by atoms with E-state index >= 15 is 0 Å². The third-order valence-electron chi connectivity index (χ3n) is 2.09. The van der Waals surface area contributed by atoms with Gasteiger partial charge in [0.15, 0.2) is 11.5 Å². The largest absolute Gasteiger partial charge is 0.504 e. The second-order valence-electron chi connectivity index (χ2n) is 3.14. The SMILES string of the molecule is COc1cc(Br)cc(C(O)CCN)c1O. The molecule has 1 atom stereocenters. The molecule has 0 amide bonds. The van der Waals surface area contributed by atoms with E-state index in [0.717, 1.165) is 4.47 Å². The molecule has 1 unspecified atom stereocenters. The topological polar surface area (TPSA) is 75.7 Å². The summed E-state index contributed by atoms with van der Waals surface area (Å²) >= 11 is 3.27. The highest BCUT2D eigenvalue weighted by Gasteiger charge is 2.16. The van der Waals surface area contributed by atoms with E-state index in [4.69, 9.17) is 10.5 Å². The second-order valence-corrected chi connectivity index (χ2v) is 4.05. The number of hydrogen-bond acceptors (Lipinski definition) is 4. The molecule has 5 heteroatoms. The fourth-order valence-corrected chi connectivity index (χ4v) is 1.77. The van der Waals surface area contributed by atoms with E-state index in [0.29, 0.717) is 24.3 Å². The smallest absolute Gasteiger partial charge is 0.163 e. The zero-order chi connectivity index (χ0) is 11.4. The highest BCUT2D eigenvalue weighted by molar-refractivity contribution is 9.10. The first-order chi connectivity index (χ1) is 7.10. The van der Waals surface area contributed by atoms with Crippen LogP contribution in [-0.2, 0) is 0 Å². The molecule has 0 aromatic heterocycles. The Hall–Kier alpha value is -0.780. The first-order valence-electron chi connectivity index (χ1n) is 4.54. The van der Waals surface area contributed by atoms with Crippen molar-refractivity contribution in [3.8, 4) is 11.5 Å². The molecule has 1 aromatic rings. The number of methoxy groups -OCH3 is 1. The molecule has 0 fully saturated rings. The monoisotopic (exact) mass is 275 g/mol. The predicted octanol–water partition coefficient (Wildman–Crippen LogP) is 1.55. The third kappa shape index (κ3) is 2.84. The summed E-state index contributed by atoms with van der Waals surface area (Å²) in [6, 6.07) is 3.28. The maximum Gasteiger partial charge on any atom is 0.163 e. The van der Waals surface area contributed by atoms with Crippen molar-refractivity contribution in [3.63, 3.8) is 0 Å². The number of phenolic OH excluding ortho intramolecular Hbond substituents is 1. The number of aromatic hydroxyl groups is 1. The minimum absolute atomic E-state index is 0.0401. The number of nitrogens with two attached hydrogens (primary N) is 1. The Labute approximate surface area is 96.8 Å². The summed E-state index contributed by atoms with van der Waals surface area (Å²) in [5.41, 5.74) is 5.76. The Morgan fingerprint density at radius 1 is 1.53 bits per heavy atom. The van der Waals surface area contributed by atoms with Crippen LogP contribution >= 0.6 is 15.9 Å². The van der Waals surface area contributed by atoms with Crippen LogP contribution < -0.4 is 10.5 Å². The van der Waals surface area contributed by atoms with Gasteiger partial charge in [-0.1, -0.05) is 15.9 Å². The molecular formula is C10H14BrNO3. The van der Waals surface area contributed by atoms with E-state index in [1.54, 1.807) is 12.1 Å². The number of rotatable bonds is 4. The number of aliphatic hydroxyl groups is 1. The summed E-state index contributed by atoms with van der Waals surface area (Å²) in [5.74, 6) is 0.289. The molecule has 0 spiro atoms. The van der Waals surface area contributed by atoms with Gasteiger partial charge in [0.1, 0.15) is 0 Å². The van der Waals surface area contributed by atoms with E-state index in [9.17, 15) is 10.2 Å². The molecule has 0 heterocycles. The lowest BCUT2D eigenvalue weighted by Gasteiger charge is -2.14. The summed E-state index contributed by atoms with van der Waals surface area (Å²) in [7, 11) is 1.46. The molecule has 0 aliphatic rings. The van der Waals surface area contributed by atoms with Crippen LogP contribution in [0.2, 0.25) is 0 Å². The van der Waals surface area contributed by atoms with Crippen LogP contribution in [-0.4, -0.2) is 23.9 Å². The van der Waals surface area contributed by atoms with Crippen molar-refractivity contribution in [1.82, 2.24) is 0 Å². The highest BCUT2D eigenvalue weighted by atomic mass is 79.9. The number of aliphatic hydroxyl groups excluding tert-OH is 1. The highest BCUT2D eigenvalue weighted by Crippen LogP contribution is 2.37. The number of halogens is 1. The summed E-state index contributed by atoms with van der Waals surface area (Å²) < 4.78 is 5.71. The molecule has 4 N–H and O–H groups in total. The van der Waals surface area contributed by atoms with Crippen molar-refractivity contribution in [3.05, 3.63) is 22.2 Å². The van der Waals surface area contributed by atoms with Crippen molar-refractivity contribution in [1.29, 1.82) is 0 Å². The minimum atomic E-state index is -0.776. The van der Waals surface area contributed by atoms with Crippen molar-refractivity contribution in [2.45, 2.75) is 12.5 Å². The maximum absolute atomic E-state index is 9.76. The Morgan fingerprint density at radius 3 is 2.73 bits per heavy atom. The van der Waals surface area contributed by atoms with Crippen LogP contribution in [0.1, 0.15) is 18.1 Å². The van der Waals surface area contributed by atoms with Gasteiger partial charge in [0.05, 0.1) is 13.2 Å². The van der Waals surface area contributed by atoms with Gasteiger partial charge in [0, 0.05) is 10.0 Å². The van der Waals surface area contributed by atoms with E-state index in [2.05, 4.69) is 15.9 Å². The number of ether oxygens (including phenoxy) is 1. The normalized spacial score (nSPS) is 12.5.